The van der Waals surface area contributed by atoms with Crippen molar-refractivity contribution >= 4 is 52.6 Å². The van der Waals surface area contributed by atoms with E-state index in [2.05, 4.69) is 53.4 Å². The van der Waals surface area contributed by atoms with E-state index in [1.165, 1.54) is 10.9 Å². The van der Waals surface area contributed by atoms with E-state index in [0.29, 0.717) is 0 Å². The highest BCUT2D eigenvalue weighted by Crippen LogP contribution is 2.20. The first-order chi connectivity index (χ1) is 9.64. The Balaban J connectivity index is 0.00000121. The van der Waals surface area contributed by atoms with E-state index in [-0.39, 0.29) is 30.4 Å². The van der Waals surface area contributed by atoms with Crippen LogP contribution in [0.15, 0.2) is 41.5 Å². The monoisotopic (exact) mass is 357 g/mol. The first kappa shape index (κ1) is 19.1. The summed E-state index contributed by atoms with van der Waals surface area (Å²) in [5.74, 6) is 1.04. The van der Waals surface area contributed by atoms with Crippen LogP contribution in [0.2, 0.25) is 0 Å². The van der Waals surface area contributed by atoms with Gasteiger partial charge in [0, 0.05) is 17.3 Å². The number of aliphatic imine (C=N–C) groups is 1. The standard InChI is InChI=1S/C16H19N3S.2ClH/c1-16(2)11-18-15(19-16)20-10-8-12-5-3-7-14-13(12)6-4-9-17-14;;/h3-7,9H,8,10-11H2,1-2H3,(H,18,19);2*1H. The van der Waals surface area contributed by atoms with Crippen molar-refractivity contribution in [2.75, 3.05) is 12.3 Å². The number of nitrogens with one attached hydrogen (secondary N) is 1. The van der Waals surface area contributed by atoms with Crippen LogP contribution < -0.4 is 5.32 Å². The van der Waals surface area contributed by atoms with E-state index < -0.39 is 0 Å². The third kappa shape index (κ3) is 4.51. The van der Waals surface area contributed by atoms with Gasteiger partial charge in [-0.3, -0.25) is 9.98 Å². The number of fused-ring (bicyclic) bond motifs is 1. The average Bonchev–Trinajstić information content (AvgIpc) is 2.79. The van der Waals surface area contributed by atoms with Crippen molar-refractivity contribution in [2.24, 2.45) is 4.99 Å². The Morgan fingerprint density at radius 3 is 2.73 bits per heavy atom. The average molecular weight is 358 g/mol. The summed E-state index contributed by atoms with van der Waals surface area (Å²) >= 11 is 1.81. The van der Waals surface area contributed by atoms with E-state index in [0.717, 1.165) is 29.4 Å². The first-order valence-electron chi connectivity index (χ1n) is 6.92. The van der Waals surface area contributed by atoms with Gasteiger partial charge in [0.15, 0.2) is 5.17 Å². The lowest BCUT2D eigenvalue weighted by Crippen LogP contribution is -2.38. The fourth-order valence-corrected chi connectivity index (χ4v) is 3.38. The fraction of sp³-hybridized carbons (Fsp3) is 0.375. The molecule has 2 aromatic rings. The lowest BCUT2D eigenvalue weighted by molar-refractivity contribution is 0.508. The lowest BCUT2D eigenvalue weighted by atomic mass is 10.1. The SMILES string of the molecule is CC1(C)CN=C(SCCc2cccc3ncccc23)N1.Cl.Cl. The van der Waals surface area contributed by atoms with Crippen LogP contribution in [0.3, 0.4) is 0 Å². The van der Waals surface area contributed by atoms with Crippen molar-refractivity contribution in [2.45, 2.75) is 25.8 Å². The summed E-state index contributed by atoms with van der Waals surface area (Å²) in [5.41, 5.74) is 2.56. The van der Waals surface area contributed by atoms with Gasteiger partial charge in [0.2, 0.25) is 0 Å². The van der Waals surface area contributed by atoms with Gasteiger partial charge >= 0.3 is 0 Å². The maximum absolute atomic E-state index is 4.54. The predicted octanol–water partition coefficient (Wildman–Crippen LogP) is 4.09. The van der Waals surface area contributed by atoms with Gasteiger partial charge in [-0.15, -0.1) is 24.8 Å². The molecule has 0 bridgehead atoms. The Bertz CT molecular complexity index is 653. The third-order valence-corrected chi connectivity index (χ3v) is 4.32. The molecule has 0 saturated carbocycles. The Hall–Kier alpha value is -0.970. The minimum absolute atomic E-state index is 0. The molecule has 0 spiro atoms. The van der Waals surface area contributed by atoms with Gasteiger partial charge in [0.05, 0.1) is 17.6 Å². The van der Waals surface area contributed by atoms with Crippen LogP contribution in [0.4, 0.5) is 0 Å². The quantitative estimate of drug-likeness (QED) is 0.898. The number of pyridine rings is 1. The van der Waals surface area contributed by atoms with Gasteiger partial charge in [-0.05, 0) is 38.0 Å². The highest BCUT2D eigenvalue weighted by molar-refractivity contribution is 8.13. The molecule has 0 atom stereocenters. The topological polar surface area (TPSA) is 37.3 Å². The van der Waals surface area contributed by atoms with Crippen molar-refractivity contribution in [1.82, 2.24) is 10.3 Å². The van der Waals surface area contributed by atoms with E-state index in [1.807, 2.05) is 24.0 Å². The summed E-state index contributed by atoms with van der Waals surface area (Å²) in [6.07, 6.45) is 2.88. The van der Waals surface area contributed by atoms with Crippen LogP contribution in [0.25, 0.3) is 10.9 Å². The first-order valence-corrected chi connectivity index (χ1v) is 7.91. The molecule has 1 aliphatic rings. The third-order valence-electron chi connectivity index (χ3n) is 3.41. The Labute approximate surface area is 148 Å². The Morgan fingerprint density at radius 1 is 1.18 bits per heavy atom. The smallest absolute Gasteiger partial charge is 0.157 e. The molecular formula is C16H21Cl2N3S. The van der Waals surface area contributed by atoms with Gasteiger partial charge in [-0.1, -0.05) is 30.0 Å². The van der Waals surface area contributed by atoms with Crippen LogP contribution in [0, 0.1) is 0 Å². The summed E-state index contributed by atoms with van der Waals surface area (Å²) in [7, 11) is 0. The minimum atomic E-state index is 0. The highest BCUT2D eigenvalue weighted by Gasteiger charge is 2.24. The molecule has 3 nitrogen and oxygen atoms in total. The fourth-order valence-electron chi connectivity index (χ4n) is 2.36. The Morgan fingerprint density at radius 2 is 2.00 bits per heavy atom. The van der Waals surface area contributed by atoms with Crippen molar-refractivity contribution in [1.29, 1.82) is 0 Å². The molecule has 120 valence electrons. The number of hydrogen-bond acceptors (Lipinski definition) is 4. The van der Waals surface area contributed by atoms with Gasteiger partial charge in [0.1, 0.15) is 0 Å². The predicted molar refractivity (Wildman–Crippen MR) is 102 cm³/mol. The number of amidine groups is 1. The van der Waals surface area contributed by atoms with Gasteiger partial charge in [-0.2, -0.15) is 0 Å². The maximum atomic E-state index is 4.54. The normalized spacial score (nSPS) is 15.5. The van der Waals surface area contributed by atoms with E-state index in [4.69, 9.17) is 0 Å². The minimum Gasteiger partial charge on any atom is -0.358 e. The number of aryl methyl sites for hydroxylation is 1. The molecule has 1 N–H and O–H groups in total. The van der Waals surface area contributed by atoms with Crippen molar-refractivity contribution < 1.29 is 0 Å². The molecule has 2 heterocycles. The number of thioether (sulfide) groups is 1. The number of hydrogen-bond donors (Lipinski definition) is 1. The van der Waals surface area contributed by atoms with Crippen molar-refractivity contribution in [3.8, 4) is 0 Å². The summed E-state index contributed by atoms with van der Waals surface area (Å²) in [6.45, 7) is 5.23. The van der Waals surface area contributed by atoms with E-state index in [9.17, 15) is 0 Å². The molecular weight excluding hydrogens is 337 g/mol. The molecule has 22 heavy (non-hydrogen) atoms. The number of aromatic nitrogens is 1. The summed E-state index contributed by atoms with van der Waals surface area (Å²) < 4.78 is 0. The zero-order chi connectivity index (χ0) is 14.0. The van der Waals surface area contributed by atoms with E-state index >= 15 is 0 Å². The van der Waals surface area contributed by atoms with Gasteiger partial charge < -0.3 is 5.32 Å². The highest BCUT2D eigenvalue weighted by atomic mass is 35.5. The molecule has 3 rings (SSSR count). The van der Waals surface area contributed by atoms with E-state index in [1.54, 1.807) is 0 Å². The molecule has 1 aromatic carbocycles. The van der Waals surface area contributed by atoms with Crippen LogP contribution in [0.5, 0.6) is 0 Å². The summed E-state index contributed by atoms with van der Waals surface area (Å²) in [5, 5.41) is 5.79. The molecule has 0 aliphatic carbocycles. The molecule has 1 aromatic heterocycles. The van der Waals surface area contributed by atoms with Crippen LogP contribution in [0.1, 0.15) is 19.4 Å². The Kier molecular flexibility index (Phi) is 6.98. The number of halogens is 2. The molecule has 0 saturated heterocycles. The molecule has 0 fully saturated rings. The van der Waals surface area contributed by atoms with Crippen LogP contribution in [-0.4, -0.2) is 28.0 Å². The van der Waals surface area contributed by atoms with Crippen molar-refractivity contribution in [3.63, 3.8) is 0 Å². The zero-order valence-electron chi connectivity index (χ0n) is 12.7. The zero-order valence-corrected chi connectivity index (χ0v) is 15.2. The van der Waals surface area contributed by atoms with Crippen molar-refractivity contribution in [3.05, 3.63) is 42.1 Å². The molecule has 6 heteroatoms. The largest absolute Gasteiger partial charge is 0.358 e. The number of nitrogens with zero attached hydrogens (tertiary/aromatic N) is 2. The van der Waals surface area contributed by atoms with Crippen LogP contribution in [-0.2, 0) is 6.42 Å². The molecule has 0 unspecified atom stereocenters. The summed E-state index contributed by atoms with van der Waals surface area (Å²) in [4.78, 5) is 8.94. The van der Waals surface area contributed by atoms with Gasteiger partial charge in [-0.25, -0.2) is 0 Å². The molecule has 0 amide bonds. The van der Waals surface area contributed by atoms with Crippen LogP contribution >= 0.6 is 36.6 Å². The second kappa shape index (κ2) is 8.04. The number of benzene rings is 1. The molecule has 1 aliphatic heterocycles. The second-order valence-electron chi connectivity index (χ2n) is 5.72. The maximum Gasteiger partial charge on any atom is 0.157 e. The number of rotatable bonds is 3. The second-order valence-corrected chi connectivity index (χ2v) is 6.80. The molecule has 0 radical (unpaired) electrons. The summed E-state index contributed by atoms with van der Waals surface area (Å²) in [6, 6.07) is 10.5. The lowest BCUT2D eigenvalue weighted by Gasteiger charge is -2.17. The van der Waals surface area contributed by atoms with Gasteiger partial charge in [0.25, 0.3) is 0 Å².